The number of piperidine rings is 1. The predicted molar refractivity (Wildman–Crippen MR) is 143 cm³/mol. The minimum Gasteiger partial charge on any atom is -0.383 e. The fraction of sp³-hybridized carbons (Fsp3) is 0.481. The summed E-state index contributed by atoms with van der Waals surface area (Å²) in [5.41, 5.74) is 1.62. The van der Waals surface area contributed by atoms with Crippen molar-refractivity contribution >= 4 is 17.5 Å². The summed E-state index contributed by atoms with van der Waals surface area (Å²) in [4.78, 5) is 21.8. The van der Waals surface area contributed by atoms with Gasteiger partial charge in [0.1, 0.15) is 11.4 Å². The van der Waals surface area contributed by atoms with Crippen LogP contribution in [0.2, 0.25) is 0 Å². The van der Waals surface area contributed by atoms with Crippen LogP contribution in [0.5, 0.6) is 0 Å². The van der Waals surface area contributed by atoms with E-state index in [-0.39, 0.29) is 6.04 Å². The third-order valence-corrected chi connectivity index (χ3v) is 7.63. The first-order valence-electron chi connectivity index (χ1n) is 12.9. The lowest BCUT2D eigenvalue weighted by molar-refractivity contribution is -0.137. The van der Waals surface area contributed by atoms with E-state index in [4.69, 9.17) is 4.98 Å². The first kappa shape index (κ1) is 27.1. The van der Waals surface area contributed by atoms with E-state index in [0.717, 1.165) is 30.9 Å². The number of nitrogens with one attached hydrogen (secondary N) is 2. The highest BCUT2D eigenvalue weighted by molar-refractivity contribution is 5.62. The van der Waals surface area contributed by atoms with Gasteiger partial charge in [0.15, 0.2) is 0 Å². The number of hydrogen-bond acceptors (Lipinski definition) is 9. The number of rotatable bonds is 6. The van der Waals surface area contributed by atoms with Gasteiger partial charge >= 0.3 is 6.18 Å². The Bertz CT molecular complexity index is 1320. The number of fused-ring (bicyclic) bond motifs is 1. The molecule has 2 aliphatic rings. The molecule has 0 radical (unpaired) electrons. The lowest BCUT2D eigenvalue weighted by Crippen LogP contribution is -2.41. The highest BCUT2D eigenvalue weighted by Gasteiger charge is 2.36. The van der Waals surface area contributed by atoms with Gasteiger partial charge in [-0.3, -0.25) is 4.98 Å². The molecule has 3 aromatic heterocycles. The molecule has 0 aliphatic carbocycles. The van der Waals surface area contributed by atoms with Crippen LogP contribution in [0.3, 0.4) is 0 Å². The summed E-state index contributed by atoms with van der Waals surface area (Å²) in [6.45, 7) is 3.96. The molecule has 3 N–H and O–H groups in total. The van der Waals surface area contributed by atoms with Crippen molar-refractivity contribution in [3.63, 3.8) is 0 Å². The molecule has 1 saturated heterocycles. The average Bonchev–Trinajstić information content (AvgIpc) is 3.33. The molecule has 2 atom stereocenters. The molecule has 5 rings (SSSR count). The number of halogens is 3. The largest absolute Gasteiger partial charge is 0.417 e. The van der Waals surface area contributed by atoms with E-state index < -0.39 is 23.3 Å². The fourth-order valence-electron chi connectivity index (χ4n) is 5.12. The van der Waals surface area contributed by atoms with Crippen molar-refractivity contribution in [3.8, 4) is 0 Å². The van der Waals surface area contributed by atoms with Crippen LogP contribution < -0.4 is 15.5 Å². The Hall–Kier alpha value is -3.51. The molecule has 208 valence electrons. The van der Waals surface area contributed by atoms with E-state index in [0.29, 0.717) is 53.8 Å². The molecule has 39 heavy (non-hydrogen) atoms. The normalized spacial score (nSPS) is 19.7. The van der Waals surface area contributed by atoms with E-state index in [1.165, 1.54) is 0 Å². The lowest BCUT2D eigenvalue weighted by atomic mass is 9.87. The van der Waals surface area contributed by atoms with Crippen LogP contribution in [0.4, 0.5) is 30.6 Å². The van der Waals surface area contributed by atoms with Gasteiger partial charge in [0, 0.05) is 57.6 Å². The zero-order valence-corrected chi connectivity index (χ0v) is 22.4. The molecule has 0 bridgehead atoms. The van der Waals surface area contributed by atoms with E-state index in [9.17, 15) is 18.3 Å². The summed E-state index contributed by atoms with van der Waals surface area (Å²) >= 11 is 0. The van der Waals surface area contributed by atoms with Crippen molar-refractivity contribution in [2.24, 2.45) is 0 Å². The SMILES string of the molecule is CC(Nc1ncc(N(C)C)c(C2CNc3ncc(C(F)(F)F)cc32)n1)c1ccc(C2(O)CCN(C)CC2)nc1. The smallest absolute Gasteiger partial charge is 0.383 e. The van der Waals surface area contributed by atoms with Gasteiger partial charge in [0.05, 0.1) is 34.9 Å². The van der Waals surface area contributed by atoms with Gasteiger partial charge in [-0.25, -0.2) is 15.0 Å². The van der Waals surface area contributed by atoms with Crippen LogP contribution in [-0.2, 0) is 11.8 Å². The third kappa shape index (κ3) is 5.48. The Morgan fingerprint density at radius 2 is 1.87 bits per heavy atom. The number of hydrogen-bond donors (Lipinski definition) is 3. The molecule has 9 nitrogen and oxygen atoms in total. The Morgan fingerprint density at radius 1 is 1.13 bits per heavy atom. The Morgan fingerprint density at radius 3 is 2.51 bits per heavy atom. The molecule has 0 amide bonds. The number of likely N-dealkylation sites (tertiary alicyclic amines) is 1. The maximum absolute atomic E-state index is 13.4. The van der Waals surface area contributed by atoms with Crippen LogP contribution in [0, 0.1) is 0 Å². The summed E-state index contributed by atoms with van der Waals surface area (Å²) < 4.78 is 40.2. The zero-order chi connectivity index (χ0) is 27.9. The summed E-state index contributed by atoms with van der Waals surface area (Å²) in [5.74, 6) is 0.355. The first-order chi connectivity index (χ1) is 18.4. The highest BCUT2D eigenvalue weighted by atomic mass is 19.4. The van der Waals surface area contributed by atoms with Gasteiger partial charge in [-0.05, 0) is 44.5 Å². The van der Waals surface area contributed by atoms with Crippen LogP contribution in [0.15, 0.2) is 36.8 Å². The molecule has 5 heterocycles. The maximum Gasteiger partial charge on any atom is 0.417 e. The molecular formula is C27H33F3N8O. The minimum absolute atomic E-state index is 0.204. The molecule has 2 aliphatic heterocycles. The van der Waals surface area contributed by atoms with E-state index >= 15 is 0 Å². The lowest BCUT2D eigenvalue weighted by Gasteiger charge is -2.36. The third-order valence-electron chi connectivity index (χ3n) is 7.63. The molecule has 0 aromatic carbocycles. The van der Waals surface area contributed by atoms with Gasteiger partial charge in [-0.1, -0.05) is 6.07 Å². The topological polar surface area (TPSA) is 102 Å². The Kier molecular flexibility index (Phi) is 7.10. The number of pyridine rings is 2. The molecule has 0 spiro atoms. The quantitative estimate of drug-likeness (QED) is 0.427. The van der Waals surface area contributed by atoms with Gasteiger partial charge in [0.25, 0.3) is 0 Å². The number of anilines is 3. The van der Waals surface area contributed by atoms with Crippen molar-refractivity contribution in [2.75, 3.05) is 56.3 Å². The van der Waals surface area contributed by atoms with Crippen molar-refractivity contribution in [1.29, 1.82) is 0 Å². The molecule has 3 aromatic rings. The van der Waals surface area contributed by atoms with Gasteiger partial charge < -0.3 is 25.5 Å². The van der Waals surface area contributed by atoms with E-state index in [1.54, 1.807) is 12.4 Å². The van der Waals surface area contributed by atoms with E-state index in [2.05, 4.69) is 30.5 Å². The summed E-state index contributed by atoms with van der Waals surface area (Å²) in [6.07, 6.45) is 1.06. The van der Waals surface area contributed by atoms with Gasteiger partial charge in [-0.15, -0.1) is 0 Å². The van der Waals surface area contributed by atoms with Crippen LogP contribution in [0.1, 0.15) is 59.8 Å². The number of aliphatic hydroxyl groups is 1. The van der Waals surface area contributed by atoms with Crippen LogP contribution in [0.25, 0.3) is 0 Å². The van der Waals surface area contributed by atoms with Crippen LogP contribution >= 0.6 is 0 Å². The highest BCUT2D eigenvalue weighted by Crippen LogP contribution is 2.41. The monoisotopic (exact) mass is 542 g/mol. The zero-order valence-electron chi connectivity index (χ0n) is 22.4. The van der Waals surface area contributed by atoms with Crippen molar-refractivity contribution < 1.29 is 18.3 Å². The average molecular weight is 543 g/mol. The second-order valence-corrected chi connectivity index (χ2v) is 10.6. The van der Waals surface area contributed by atoms with Gasteiger partial charge in [0.2, 0.25) is 5.95 Å². The standard InChI is InChI=1S/C27H33F3N8O/c1-16(17-5-6-22(31-12-17)26(39)7-9-38(4)10-8-26)35-25-34-15-21(37(2)3)23(36-25)20-14-33-24-19(20)11-18(13-32-24)27(28,29)30/h5-6,11-13,15-16,20,39H,7-10,14H2,1-4H3,(H,32,33)(H,34,35,36). The summed E-state index contributed by atoms with van der Waals surface area (Å²) in [7, 11) is 5.73. The molecule has 1 fully saturated rings. The predicted octanol–water partition coefficient (Wildman–Crippen LogP) is 4.00. The molecule has 12 heteroatoms. The molecule has 0 saturated carbocycles. The Balaban J connectivity index is 1.38. The summed E-state index contributed by atoms with van der Waals surface area (Å²) in [5, 5.41) is 17.5. The van der Waals surface area contributed by atoms with E-state index in [1.807, 2.05) is 45.1 Å². The minimum atomic E-state index is -4.49. The fourth-order valence-corrected chi connectivity index (χ4v) is 5.12. The van der Waals surface area contributed by atoms with Crippen LogP contribution in [-0.4, -0.2) is 70.7 Å². The maximum atomic E-state index is 13.4. The van der Waals surface area contributed by atoms with Crippen molar-refractivity contribution in [2.45, 2.75) is 43.5 Å². The van der Waals surface area contributed by atoms with Gasteiger partial charge in [-0.2, -0.15) is 13.2 Å². The second-order valence-electron chi connectivity index (χ2n) is 10.6. The second kappa shape index (κ2) is 10.2. The molecular weight excluding hydrogens is 509 g/mol. The number of aromatic nitrogens is 4. The molecule has 2 unspecified atom stereocenters. The number of nitrogens with zero attached hydrogens (tertiary/aromatic N) is 6. The number of alkyl halides is 3. The summed E-state index contributed by atoms with van der Waals surface area (Å²) in [6, 6.07) is 4.75. The van der Waals surface area contributed by atoms with Crippen molar-refractivity contribution in [1.82, 2.24) is 24.8 Å². The van der Waals surface area contributed by atoms with Crippen molar-refractivity contribution in [3.05, 3.63) is 64.9 Å². The first-order valence-corrected chi connectivity index (χ1v) is 12.9. The Labute approximate surface area is 225 Å².